The number of benzene rings is 2. The molecule has 144 valence electrons. The van der Waals surface area contributed by atoms with E-state index in [9.17, 15) is 14.0 Å². The van der Waals surface area contributed by atoms with Crippen LogP contribution in [0, 0.1) is 5.82 Å². The first-order valence-corrected chi connectivity index (χ1v) is 8.71. The maximum Gasteiger partial charge on any atom is 0.279 e. The molecule has 0 heterocycles. The van der Waals surface area contributed by atoms with Crippen LogP contribution >= 0.6 is 11.6 Å². The van der Waals surface area contributed by atoms with Crippen molar-refractivity contribution in [3.63, 3.8) is 0 Å². The highest BCUT2D eigenvalue weighted by Gasteiger charge is 2.16. The number of nitrogens with one attached hydrogen (secondary N) is 3. The van der Waals surface area contributed by atoms with Gasteiger partial charge < -0.3 is 20.3 Å². The Balaban J connectivity index is 1.79. The first kappa shape index (κ1) is 20.7. The molecule has 2 rings (SSSR count). The normalized spacial score (nSPS) is 11.6. The molecule has 0 spiro atoms. The van der Waals surface area contributed by atoms with Crippen molar-refractivity contribution in [2.75, 3.05) is 32.6 Å². The van der Waals surface area contributed by atoms with Crippen molar-refractivity contribution in [1.29, 1.82) is 0 Å². The van der Waals surface area contributed by atoms with Crippen molar-refractivity contribution in [2.24, 2.45) is 0 Å². The summed E-state index contributed by atoms with van der Waals surface area (Å²) in [7, 11) is 3.24. The number of halogens is 2. The van der Waals surface area contributed by atoms with Crippen molar-refractivity contribution in [2.45, 2.75) is 6.54 Å². The molecule has 0 aliphatic rings. The number of likely N-dealkylation sites (N-methyl/N-ethyl adjacent to an activating group) is 1. The number of amides is 2. The minimum atomic E-state index is -0.323. The summed E-state index contributed by atoms with van der Waals surface area (Å²) in [6.45, 7) is 0.527. The Morgan fingerprint density at radius 3 is 2.44 bits per heavy atom. The van der Waals surface area contributed by atoms with Crippen molar-refractivity contribution >= 4 is 29.1 Å². The van der Waals surface area contributed by atoms with Gasteiger partial charge in [-0.1, -0.05) is 23.7 Å². The number of carbonyl (C=O) groups excluding carboxylic acids is 2. The van der Waals surface area contributed by atoms with Crippen LogP contribution in [0.5, 0.6) is 5.75 Å². The van der Waals surface area contributed by atoms with Crippen LogP contribution in [0.1, 0.15) is 5.56 Å². The van der Waals surface area contributed by atoms with Gasteiger partial charge in [0.2, 0.25) is 0 Å². The maximum absolute atomic E-state index is 12.9. The molecule has 0 radical (unpaired) electrons. The minimum Gasteiger partial charge on any atom is -0.495 e. The van der Waals surface area contributed by atoms with Crippen LogP contribution in [0.25, 0.3) is 0 Å². The van der Waals surface area contributed by atoms with Crippen LogP contribution in [-0.4, -0.2) is 39.1 Å². The predicted octanol–water partition coefficient (Wildman–Crippen LogP) is 1.26. The highest BCUT2D eigenvalue weighted by Crippen LogP contribution is 2.27. The number of hydrogen-bond acceptors (Lipinski definition) is 3. The van der Waals surface area contributed by atoms with Gasteiger partial charge in [-0.25, -0.2) is 4.39 Å². The van der Waals surface area contributed by atoms with Crippen molar-refractivity contribution in [3.8, 4) is 5.75 Å². The Hall–Kier alpha value is -2.64. The molecule has 1 atom stereocenters. The fourth-order valence-electron chi connectivity index (χ4n) is 2.45. The van der Waals surface area contributed by atoms with E-state index < -0.39 is 0 Å². The molecule has 0 aromatic heterocycles. The first-order chi connectivity index (χ1) is 12.9. The number of methoxy groups -OCH3 is 1. The van der Waals surface area contributed by atoms with Gasteiger partial charge in [0.05, 0.1) is 19.8 Å². The first-order valence-electron chi connectivity index (χ1n) is 8.33. The maximum atomic E-state index is 12.9. The zero-order valence-electron chi connectivity index (χ0n) is 15.1. The third kappa shape index (κ3) is 6.88. The summed E-state index contributed by atoms with van der Waals surface area (Å²) in [6, 6.07) is 10.8. The second-order valence-electron chi connectivity index (χ2n) is 6.11. The fourth-order valence-corrected chi connectivity index (χ4v) is 2.62. The van der Waals surface area contributed by atoms with Gasteiger partial charge in [-0.3, -0.25) is 9.59 Å². The molecule has 27 heavy (non-hydrogen) atoms. The van der Waals surface area contributed by atoms with E-state index in [0.29, 0.717) is 27.9 Å². The summed E-state index contributed by atoms with van der Waals surface area (Å²) < 4.78 is 18.0. The van der Waals surface area contributed by atoms with Gasteiger partial charge in [-0.15, -0.1) is 0 Å². The van der Waals surface area contributed by atoms with E-state index in [-0.39, 0.29) is 30.7 Å². The van der Waals surface area contributed by atoms with Crippen LogP contribution < -0.4 is 20.3 Å². The van der Waals surface area contributed by atoms with E-state index in [1.165, 1.54) is 19.2 Å². The average molecular weight is 395 g/mol. The van der Waals surface area contributed by atoms with Crippen molar-refractivity contribution in [1.82, 2.24) is 5.32 Å². The zero-order valence-corrected chi connectivity index (χ0v) is 15.9. The van der Waals surface area contributed by atoms with Crippen LogP contribution in [0.4, 0.5) is 10.1 Å². The van der Waals surface area contributed by atoms with E-state index in [1.54, 1.807) is 37.4 Å². The molecule has 0 saturated heterocycles. The van der Waals surface area contributed by atoms with E-state index in [1.807, 2.05) is 0 Å². The standard InChI is InChI=1S/C19H21ClFN3O3/c1-24(11-18(25)22-10-13-3-6-15(21)7-4-13)12-19(26)23-16-9-14(20)5-8-17(16)27-2/h3-9H,10-12H2,1-2H3,(H,22,25)(H,23,26)/p+1. The summed E-state index contributed by atoms with van der Waals surface area (Å²) in [5, 5.41) is 5.96. The molecule has 2 aromatic carbocycles. The summed E-state index contributed by atoms with van der Waals surface area (Å²) in [4.78, 5) is 24.9. The quantitative estimate of drug-likeness (QED) is 0.631. The highest BCUT2D eigenvalue weighted by molar-refractivity contribution is 6.31. The Bertz CT molecular complexity index is 799. The van der Waals surface area contributed by atoms with Gasteiger partial charge in [-0.2, -0.15) is 0 Å². The molecule has 2 amide bonds. The third-order valence-corrected chi connectivity index (χ3v) is 4.00. The molecule has 0 aliphatic carbocycles. The number of rotatable bonds is 8. The lowest BCUT2D eigenvalue weighted by molar-refractivity contribution is -0.862. The number of ether oxygens (including phenoxy) is 1. The molecule has 3 N–H and O–H groups in total. The zero-order chi connectivity index (χ0) is 19.8. The number of carbonyl (C=O) groups is 2. The van der Waals surface area contributed by atoms with Gasteiger partial charge >= 0.3 is 0 Å². The van der Waals surface area contributed by atoms with Crippen LogP contribution in [0.15, 0.2) is 42.5 Å². The predicted molar refractivity (Wildman–Crippen MR) is 102 cm³/mol. The monoisotopic (exact) mass is 394 g/mol. The van der Waals surface area contributed by atoms with E-state index in [2.05, 4.69) is 10.6 Å². The van der Waals surface area contributed by atoms with Gasteiger partial charge in [-0.05, 0) is 35.9 Å². The molecule has 6 nitrogen and oxygen atoms in total. The summed E-state index contributed by atoms with van der Waals surface area (Å²) in [6.07, 6.45) is 0. The van der Waals surface area contributed by atoms with Crippen LogP contribution in [0.2, 0.25) is 5.02 Å². The van der Waals surface area contributed by atoms with Crippen LogP contribution in [-0.2, 0) is 16.1 Å². The van der Waals surface area contributed by atoms with Crippen molar-refractivity contribution in [3.05, 3.63) is 58.9 Å². The topological polar surface area (TPSA) is 71.9 Å². The van der Waals surface area contributed by atoms with Gasteiger partial charge in [0, 0.05) is 11.6 Å². The van der Waals surface area contributed by atoms with Crippen LogP contribution in [0.3, 0.4) is 0 Å². The average Bonchev–Trinajstić information content (AvgIpc) is 2.61. The third-order valence-electron chi connectivity index (χ3n) is 3.76. The Morgan fingerprint density at radius 1 is 1.11 bits per heavy atom. The number of quaternary nitrogens is 1. The number of hydrogen-bond donors (Lipinski definition) is 3. The molecular formula is C19H22ClFN3O3+. The van der Waals surface area contributed by atoms with E-state index in [0.717, 1.165) is 5.56 Å². The smallest absolute Gasteiger partial charge is 0.279 e. The van der Waals surface area contributed by atoms with Gasteiger partial charge in [0.15, 0.2) is 13.1 Å². The Morgan fingerprint density at radius 2 is 1.78 bits per heavy atom. The Kier molecular flexibility index (Phi) is 7.57. The lowest BCUT2D eigenvalue weighted by atomic mass is 10.2. The molecule has 8 heteroatoms. The van der Waals surface area contributed by atoms with E-state index >= 15 is 0 Å². The molecule has 0 bridgehead atoms. The number of anilines is 1. The Labute approximate surface area is 162 Å². The molecule has 0 fully saturated rings. The molecule has 1 unspecified atom stereocenters. The summed E-state index contributed by atoms with van der Waals surface area (Å²) in [5.41, 5.74) is 1.27. The van der Waals surface area contributed by atoms with Crippen molar-refractivity contribution < 1.29 is 23.6 Å². The summed E-state index contributed by atoms with van der Waals surface area (Å²) >= 11 is 5.94. The minimum absolute atomic E-state index is 0.0969. The lowest BCUT2D eigenvalue weighted by Gasteiger charge is -2.15. The second kappa shape index (κ2) is 9.89. The second-order valence-corrected chi connectivity index (χ2v) is 6.54. The lowest BCUT2D eigenvalue weighted by Crippen LogP contribution is -3.11. The summed E-state index contributed by atoms with van der Waals surface area (Å²) in [5.74, 6) is -0.289. The fraction of sp³-hybridized carbons (Fsp3) is 0.263. The largest absolute Gasteiger partial charge is 0.495 e. The molecule has 2 aromatic rings. The molecular weight excluding hydrogens is 373 g/mol. The molecule has 0 saturated carbocycles. The van der Waals surface area contributed by atoms with Gasteiger partial charge in [0.1, 0.15) is 11.6 Å². The SMILES string of the molecule is COc1ccc(Cl)cc1NC(=O)C[NH+](C)CC(=O)NCc1ccc(F)cc1. The highest BCUT2D eigenvalue weighted by atomic mass is 35.5. The van der Waals surface area contributed by atoms with Gasteiger partial charge in [0.25, 0.3) is 11.8 Å². The molecule has 0 aliphatic heterocycles. The van der Waals surface area contributed by atoms with E-state index in [4.69, 9.17) is 16.3 Å².